The van der Waals surface area contributed by atoms with Crippen LogP contribution in [0.3, 0.4) is 0 Å². The minimum atomic E-state index is -0.254. The Morgan fingerprint density at radius 2 is 1.79 bits per heavy atom. The molecule has 3 aliphatic rings. The van der Waals surface area contributed by atoms with Crippen LogP contribution < -0.4 is 14.4 Å². The smallest absolute Gasteiger partial charge is 0.242 e. The molecule has 0 saturated carbocycles. The summed E-state index contributed by atoms with van der Waals surface area (Å²) < 4.78 is 18.6. The summed E-state index contributed by atoms with van der Waals surface area (Å²) in [5, 5.41) is 4.92. The van der Waals surface area contributed by atoms with Gasteiger partial charge in [0.15, 0.2) is 11.5 Å². The number of rotatable bonds is 5. The van der Waals surface area contributed by atoms with Gasteiger partial charge in [0.1, 0.15) is 12.4 Å². The number of aryl methyl sites for hydroxylation is 1. The van der Waals surface area contributed by atoms with Crippen molar-refractivity contribution in [3.05, 3.63) is 89.5 Å². The molecule has 1 saturated heterocycles. The molecule has 10 heteroatoms. The molecule has 1 aromatic heterocycles. The third-order valence-corrected chi connectivity index (χ3v) is 8.99. The van der Waals surface area contributed by atoms with Crippen LogP contribution in [0, 0.1) is 6.92 Å². The monoisotopic (exact) mass is 582 g/mol. The van der Waals surface area contributed by atoms with Gasteiger partial charge in [0, 0.05) is 24.2 Å². The van der Waals surface area contributed by atoms with Crippen molar-refractivity contribution in [3.63, 3.8) is 0 Å². The van der Waals surface area contributed by atoms with Crippen molar-refractivity contribution in [2.24, 2.45) is 0 Å². The molecular formula is C32H30N4O5S. The average Bonchev–Trinajstić information content (AvgIpc) is 3.63. The van der Waals surface area contributed by atoms with Crippen LogP contribution in [0.15, 0.2) is 72.8 Å². The molecule has 214 valence electrons. The molecule has 0 bridgehead atoms. The van der Waals surface area contributed by atoms with E-state index in [9.17, 15) is 9.59 Å². The summed E-state index contributed by atoms with van der Waals surface area (Å²) >= 11 is 1.53. The Morgan fingerprint density at radius 3 is 2.60 bits per heavy atom. The Morgan fingerprint density at radius 1 is 0.976 bits per heavy atom. The molecule has 0 aliphatic carbocycles. The SMILES string of the molecule is Cc1cccc(-n2nc(-c3ccccc3)c3c2N(CC(=O)N2CCOCC2)C(=O)CSC3c2ccc3c(c2)OCO3)c1. The van der Waals surface area contributed by atoms with Crippen molar-refractivity contribution in [2.45, 2.75) is 12.2 Å². The number of fused-ring (bicyclic) bond motifs is 2. The number of carbonyl (C=O) groups excluding carboxylic acids is 2. The number of morpholine rings is 1. The van der Waals surface area contributed by atoms with Crippen molar-refractivity contribution in [1.82, 2.24) is 14.7 Å². The quantitative estimate of drug-likeness (QED) is 0.340. The lowest BCUT2D eigenvalue weighted by Gasteiger charge is -2.30. The van der Waals surface area contributed by atoms with Crippen LogP contribution >= 0.6 is 11.8 Å². The number of anilines is 1. The number of ether oxygens (including phenoxy) is 3. The van der Waals surface area contributed by atoms with Gasteiger partial charge in [0.25, 0.3) is 0 Å². The first kappa shape index (κ1) is 26.6. The van der Waals surface area contributed by atoms with Crippen molar-refractivity contribution >= 4 is 29.4 Å². The van der Waals surface area contributed by atoms with Crippen LogP contribution in [0.25, 0.3) is 16.9 Å². The molecule has 4 heterocycles. The number of thioether (sulfide) groups is 1. The fraction of sp³-hybridized carbons (Fsp3) is 0.281. The molecule has 7 rings (SSSR count). The molecule has 4 aromatic rings. The van der Waals surface area contributed by atoms with E-state index in [2.05, 4.69) is 0 Å². The number of hydrogen-bond donors (Lipinski definition) is 0. The lowest BCUT2D eigenvalue weighted by molar-refractivity contribution is -0.134. The topological polar surface area (TPSA) is 86.1 Å². The summed E-state index contributed by atoms with van der Waals surface area (Å²) in [5.41, 5.74) is 5.44. The molecule has 1 fully saturated rings. The maximum Gasteiger partial charge on any atom is 0.242 e. The highest BCUT2D eigenvalue weighted by atomic mass is 32.2. The molecule has 3 aromatic carbocycles. The Balaban J connectivity index is 1.45. The third kappa shape index (κ3) is 4.90. The Bertz CT molecular complexity index is 1650. The third-order valence-electron chi connectivity index (χ3n) is 7.74. The van der Waals surface area contributed by atoms with E-state index in [1.807, 2.05) is 84.4 Å². The predicted molar refractivity (Wildman–Crippen MR) is 160 cm³/mol. The van der Waals surface area contributed by atoms with E-state index in [1.54, 1.807) is 9.80 Å². The molecule has 1 atom stereocenters. The van der Waals surface area contributed by atoms with E-state index in [0.717, 1.165) is 33.6 Å². The zero-order chi connectivity index (χ0) is 28.6. The van der Waals surface area contributed by atoms with Gasteiger partial charge in [-0.1, -0.05) is 48.5 Å². The van der Waals surface area contributed by atoms with E-state index in [4.69, 9.17) is 19.3 Å². The summed E-state index contributed by atoms with van der Waals surface area (Å²) in [7, 11) is 0. The summed E-state index contributed by atoms with van der Waals surface area (Å²) in [5.74, 6) is 1.94. The van der Waals surface area contributed by atoms with E-state index in [-0.39, 0.29) is 36.2 Å². The van der Waals surface area contributed by atoms with E-state index >= 15 is 0 Å². The summed E-state index contributed by atoms with van der Waals surface area (Å²) in [4.78, 5) is 31.0. The maximum atomic E-state index is 14.0. The van der Waals surface area contributed by atoms with Crippen LogP contribution in [0.5, 0.6) is 11.5 Å². The molecule has 1 unspecified atom stereocenters. The Kier molecular flexibility index (Phi) is 7.09. The summed E-state index contributed by atoms with van der Waals surface area (Å²) in [6.45, 7) is 4.13. The zero-order valence-electron chi connectivity index (χ0n) is 23.2. The van der Waals surface area contributed by atoms with E-state index < -0.39 is 0 Å². The number of carbonyl (C=O) groups is 2. The van der Waals surface area contributed by atoms with Crippen LogP contribution in [0.4, 0.5) is 5.82 Å². The Hall–Kier alpha value is -4.28. The van der Waals surface area contributed by atoms with Crippen LogP contribution in [-0.4, -0.2) is 71.9 Å². The molecule has 0 N–H and O–H groups in total. The summed E-state index contributed by atoms with van der Waals surface area (Å²) in [6, 6.07) is 24.0. The second-order valence-corrected chi connectivity index (χ2v) is 11.6. The zero-order valence-corrected chi connectivity index (χ0v) is 24.0. The van der Waals surface area contributed by atoms with Crippen LogP contribution in [0.1, 0.15) is 21.9 Å². The first-order chi connectivity index (χ1) is 20.6. The van der Waals surface area contributed by atoms with Gasteiger partial charge < -0.3 is 19.1 Å². The van der Waals surface area contributed by atoms with Crippen molar-refractivity contribution in [3.8, 4) is 28.4 Å². The highest BCUT2D eigenvalue weighted by molar-refractivity contribution is 8.00. The molecule has 0 spiro atoms. The van der Waals surface area contributed by atoms with Gasteiger partial charge in [0.2, 0.25) is 18.6 Å². The second kappa shape index (κ2) is 11.2. The van der Waals surface area contributed by atoms with Crippen LogP contribution in [-0.2, 0) is 14.3 Å². The van der Waals surface area contributed by atoms with Crippen LogP contribution in [0.2, 0.25) is 0 Å². The number of aromatic nitrogens is 2. The van der Waals surface area contributed by atoms with Gasteiger partial charge in [-0.3, -0.25) is 14.5 Å². The largest absolute Gasteiger partial charge is 0.454 e. The molecule has 3 aliphatic heterocycles. The van der Waals surface area contributed by atoms with Gasteiger partial charge in [0.05, 0.1) is 35.6 Å². The normalized spacial score (nSPS) is 18.1. The van der Waals surface area contributed by atoms with Crippen molar-refractivity contribution in [2.75, 3.05) is 50.3 Å². The van der Waals surface area contributed by atoms with E-state index in [1.165, 1.54) is 11.8 Å². The first-order valence-corrected chi connectivity index (χ1v) is 15.0. The number of hydrogen-bond acceptors (Lipinski definition) is 7. The number of benzene rings is 3. The fourth-order valence-corrected chi connectivity index (χ4v) is 6.84. The van der Waals surface area contributed by atoms with Crippen molar-refractivity contribution < 1.29 is 23.8 Å². The highest BCUT2D eigenvalue weighted by Gasteiger charge is 2.38. The molecule has 9 nitrogen and oxygen atoms in total. The lowest BCUT2D eigenvalue weighted by Crippen LogP contribution is -2.48. The minimum Gasteiger partial charge on any atom is -0.454 e. The first-order valence-electron chi connectivity index (χ1n) is 14.0. The lowest BCUT2D eigenvalue weighted by atomic mass is 9.99. The molecule has 2 amide bonds. The fourth-order valence-electron chi connectivity index (χ4n) is 5.66. The number of nitrogens with zero attached hydrogens (tertiary/aromatic N) is 4. The molecular weight excluding hydrogens is 552 g/mol. The molecule has 42 heavy (non-hydrogen) atoms. The average molecular weight is 583 g/mol. The molecule has 0 radical (unpaired) electrons. The van der Waals surface area contributed by atoms with E-state index in [0.29, 0.717) is 43.6 Å². The summed E-state index contributed by atoms with van der Waals surface area (Å²) in [6.07, 6.45) is 0. The van der Waals surface area contributed by atoms with Gasteiger partial charge in [-0.2, -0.15) is 5.10 Å². The maximum absolute atomic E-state index is 14.0. The minimum absolute atomic E-state index is 0.0774. The van der Waals surface area contributed by atoms with Crippen molar-refractivity contribution in [1.29, 1.82) is 0 Å². The highest BCUT2D eigenvalue weighted by Crippen LogP contribution is 2.50. The Labute approximate surface area is 248 Å². The second-order valence-electron chi connectivity index (χ2n) is 10.5. The van der Waals surface area contributed by atoms with Gasteiger partial charge in [-0.15, -0.1) is 11.8 Å². The van der Waals surface area contributed by atoms with Gasteiger partial charge in [-0.05, 0) is 42.3 Å². The van der Waals surface area contributed by atoms with Gasteiger partial charge >= 0.3 is 0 Å². The number of amides is 2. The standard InChI is InChI=1S/C32H30N4O5S/c1-21-6-5-9-24(16-21)36-32-29(30(33-36)22-7-3-2-4-8-22)31(23-10-11-25-26(17-23)41-20-40-25)42-19-28(38)35(32)18-27(37)34-12-14-39-15-13-34/h2-11,16-17,31H,12-15,18-20H2,1H3. The predicted octanol–water partition coefficient (Wildman–Crippen LogP) is 4.60. The van der Waals surface area contributed by atoms with Gasteiger partial charge in [-0.25, -0.2) is 4.68 Å².